The molecule has 0 saturated heterocycles. The van der Waals surface area contributed by atoms with Gasteiger partial charge in [0.1, 0.15) is 10.3 Å². The van der Waals surface area contributed by atoms with E-state index in [9.17, 15) is 5.11 Å². The summed E-state index contributed by atoms with van der Waals surface area (Å²) >= 11 is 10.7. The number of hydrogen-bond acceptors (Lipinski definition) is 2. The summed E-state index contributed by atoms with van der Waals surface area (Å²) in [6, 6.07) is 2.40. The monoisotopic (exact) mass is 162 g/mol. The van der Waals surface area contributed by atoms with E-state index in [2.05, 4.69) is 4.98 Å². The molecule has 0 aliphatic rings. The molecule has 0 unspecified atom stereocenters. The molecule has 1 aromatic rings. The van der Waals surface area contributed by atoms with Crippen molar-refractivity contribution in [3.05, 3.63) is 22.4 Å². The predicted molar refractivity (Wildman–Crippen MR) is 33.7 cm³/mol. The maximum absolute atomic E-state index is 10.5. The van der Waals surface area contributed by atoms with Gasteiger partial charge in [-0.05, 0) is 12.1 Å². The Labute approximate surface area is 62.1 Å². The fourth-order valence-electron chi connectivity index (χ4n) is 0.443. The molecule has 9 heavy (non-hydrogen) atoms. The minimum absolute atomic E-state index is 0.132. The zero-order valence-corrected chi connectivity index (χ0v) is 5.78. The molecule has 0 amide bonds. The Morgan fingerprint density at radius 2 is 1.67 bits per heavy atom. The highest BCUT2D eigenvalue weighted by Gasteiger charge is 1.89. The van der Waals surface area contributed by atoms with Crippen LogP contribution in [-0.2, 0) is 0 Å². The van der Waals surface area contributed by atoms with Gasteiger partial charge in [-0.2, -0.15) is 0 Å². The van der Waals surface area contributed by atoms with E-state index < -0.39 is 0 Å². The van der Waals surface area contributed by atoms with Gasteiger partial charge in [0.2, 0.25) is 0 Å². The van der Waals surface area contributed by atoms with Crippen molar-refractivity contribution in [3.8, 4) is 5.75 Å². The lowest BCUT2D eigenvalue weighted by Gasteiger charge is -2.03. The third-order valence-corrected chi connectivity index (χ3v) is 1.12. The lowest BCUT2D eigenvalue weighted by Crippen LogP contribution is -1.89. The Bertz CT molecular complexity index is 176. The SMILES string of the molecule is [O-]c1cc(Cl)nc(Cl)c1. The van der Waals surface area contributed by atoms with E-state index in [1.54, 1.807) is 0 Å². The molecule has 1 rings (SSSR count). The fourth-order valence-corrected chi connectivity index (χ4v) is 0.883. The van der Waals surface area contributed by atoms with Crippen LogP contribution in [0.25, 0.3) is 0 Å². The van der Waals surface area contributed by atoms with E-state index in [1.807, 2.05) is 0 Å². The molecular formula is C5H2Cl2NO-. The Kier molecular flexibility index (Phi) is 1.78. The van der Waals surface area contributed by atoms with Crippen LogP contribution in [0.5, 0.6) is 5.75 Å². The molecule has 0 radical (unpaired) electrons. The van der Waals surface area contributed by atoms with Crippen molar-refractivity contribution in [2.75, 3.05) is 0 Å². The summed E-state index contributed by atoms with van der Waals surface area (Å²) in [4.78, 5) is 3.57. The first-order valence-electron chi connectivity index (χ1n) is 2.18. The number of hydrogen-bond donors (Lipinski definition) is 0. The van der Waals surface area contributed by atoms with Gasteiger partial charge in [0.25, 0.3) is 0 Å². The maximum Gasteiger partial charge on any atom is 0.130 e. The van der Waals surface area contributed by atoms with Crippen molar-refractivity contribution >= 4 is 23.2 Å². The molecule has 2 nitrogen and oxygen atoms in total. The van der Waals surface area contributed by atoms with E-state index in [1.165, 1.54) is 12.1 Å². The number of halogens is 2. The molecule has 48 valence electrons. The Hall–Kier alpha value is -0.470. The largest absolute Gasteiger partial charge is 0.872 e. The van der Waals surface area contributed by atoms with Crippen LogP contribution in [0.15, 0.2) is 12.1 Å². The molecule has 0 spiro atoms. The first-order valence-corrected chi connectivity index (χ1v) is 2.94. The number of pyridine rings is 1. The lowest BCUT2D eigenvalue weighted by atomic mass is 10.5. The van der Waals surface area contributed by atoms with Crippen molar-refractivity contribution in [2.45, 2.75) is 0 Å². The molecule has 1 heterocycles. The summed E-state index contributed by atoms with van der Waals surface area (Å²) in [6.45, 7) is 0. The molecular weight excluding hydrogens is 161 g/mol. The highest BCUT2D eigenvalue weighted by Crippen LogP contribution is 2.16. The summed E-state index contributed by atoms with van der Waals surface area (Å²) in [6.07, 6.45) is 0. The molecule has 0 aliphatic heterocycles. The fraction of sp³-hybridized carbons (Fsp3) is 0. The second-order valence-corrected chi connectivity index (χ2v) is 2.22. The Balaban J connectivity index is 3.17. The van der Waals surface area contributed by atoms with Crippen LogP contribution in [0.3, 0.4) is 0 Å². The molecule has 0 aromatic carbocycles. The van der Waals surface area contributed by atoms with Crippen LogP contribution in [-0.4, -0.2) is 4.98 Å². The lowest BCUT2D eigenvalue weighted by molar-refractivity contribution is -0.268. The summed E-state index contributed by atoms with van der Waals surface area (Å²) in [7, 11) is 0. The summed E-state index contributed by atoms with van der Waals surface area (Å²) in [5.41, 5.74) is 0. The maximum atomic E-state index is 10.5. The molecule has 0 saturated carbocycles. The molecule has 0 atom stereocenters. The first kappa shape index (κ1) is 6.65. The molecule has 0 N–H and O–H groups in total. The standard InChI is InChI=1S/C5H3Cl2NO/c6-4-1-3(9)2-5(7)8-4/h1-2H,(H,8,9)/p-1. The van der Waals surface area contributed by atoms with E-state index in [0.717, 1.165) is 0 Å². The normalized spacial score (nSPS) is 9.56. The first-order chi connectivity index (χ1) is 4.18. The van der Waals surface area contributed by atoms with Crippen LogP contribution in [0.4, 0.5) is 0 Å². The van der Waals surface area contributed by atoms with Gasteiger partial charge in [0.05, 0.1) is 0 Å². The van der Waals surface area contributed by atoms with Crippen LogP contribution in [0.1, 0.15) is 0 Å². The minimum atomic E-state index is -0.222. The van der Waals surface area contributed by atoms with Crippen LogP contribution in [0, 0.1) is 0 Å². The Morgan fingerprint density at radius 3 is 2.00 bits per heavy atom. The van der Waals surface area contributed by atoms with E-state index in [-0.39, 0.29) is 16.1 Å². The van der Waals surface area contributed by atoms with Gasteiger partial charge in [-0.15, -0.1) is 5.75 Å². The molecule has 0 aliphatic carbocycles. The summed E-state index contributed by atoms with van der Waals surface area (Å²) in [5, 5.41) is 10.8. The van der Waals surface area contributed by atoms with Crippen molar-refractivity contribution < 1.29 is 5.11 Å². The van der Waals surface area contributed by atoms with Gasteiger partial charge in [-0.1, -0.05) is 23.2 Å². The zero-order valence-electron chi connectivity index (χ0n) is 4.27. The van der Waals surface area contributed by atoms with Crippen LogP contribution in [0.2, 0.25) is 10.3 Å². The van der Waals surface area contributed by atoms with Gasteiger partial charge >= 0.3 is 0 Å². The highest BCUT2D eigenvalue weighted by atomic mass is 35.5. The van der Waals surface area contributed by atoms with Gasteiger partial charge in [0, 0.05) is 0 Å². The van der Waals surface area contributed by atoms with Gasteiger partial charge in [-0.25, -0.2) is 4.98 Å². The van der Waals surface area contributed by atoms with Crippen LogP contribution >= 0.6 is 23.2 Å². The minimum Gasteiger partial charge on any atom is -0.872 e. The van der Waals surface area contributed by atoms with E-state index in [4.69, 9.17) is 23.2 Å². The topological polar surface area (TPSA) is 36.0 Å². The van der Waals surface area contributed by atoms with Gasteiger partial charge < -0.3 is 5.11 Å². The molecule has 4 heteroatoms. The number of nitrogens with zero attached hydrogens (tertiary/aromatic N) is 1. The molecule has 0 bridgehead atoms. The second-order valence-electron chi connectivity index (χ2n) is 1.45. The van der Waals surface area contributed by atoms with Crippen molar-refractivity contribution in [1.29, 1.82) is 0 Å². The quantitative estimate of drug-likeness (QED) is 0.542. The van der Waals surface area contributed by atoms with Gasteiger partial charge in [0.15, 0.2) is 0 Å². The van der Waals surface area contributed by atoms with Crippen LogP contribution < -0.4 is 5.11 Å². The predicted octanol–water partition coefficient (Wildman–Crippen LogP) is 1.46. The second kappa shape index (κ2) is 2.42. The average molecular weight is 163 g/mol. The van der Waals surface area contributed by atoms with Crippen molar-refractivity contribution in [2.24, 2.45) is 0 Å². The average Bonchev–Trinajstić information content (AvgIpc) is 1.59. The smallest absolute Gasteiger partial charge is 0.130 e. The van der Waals surface area contributed by atoms with Crippen molar-refractivity contribution in [3.63, 3.8) is 0 Å². The summed E-state index contributed by atoms with van der Waals surface area (Å²) in [5.74, 6) is -0.222. The summed E-state index contributed by atoms with van der Waals surface area (Å²) < 4.78 is 0. The van der Waals surface area contributed by atoms with E-state index >= 15 is 0 Å². The highest BCUT2D eigenvalue weighted by molar-refractivity contribution is 6.32. The molecule has 1 aromatic heterocycles. The van der Waals surface area contributed by atoms with Gasteiger partial charge in [-0.3, -0.25) is 0 Å². The third-order valence-electron chi connectivity index (χ3n) is 0.736. The Morgan fingerprint density at radius 1 is 1.22 bits per heavy atom. The van der Waals surface area contributed by atoms with E-state index in [0.29, 0.717) is 0 Å². The zero-order chi connectivity index (χ0) is 6.85. The third kappa shape index (κ3) is 1.73. The molecule has 0 fully saturated rings. The van der Waals surface area contributed by atoms with Crippen molar-refractivity contribution in [1.82, 2.24) is 4.98 Å². The number of rotatable bonds is 0. The number of aromatic nitrogens is 1.